The van der Waals surface area contributed by atoms with Crippen molar-refractivity contribution in [3.05, 3.63) is 42.5 Å². The molecular formula is C20H23N3O2. The minimum absolute atomic E-state index is 0.0397. The first-order valence-electron chi connectivity index (χ1n) is 8.94. The van der Waals surface area contributed by atoms with Crippen molar-refractivity contribution in [3.63, 3.8) is 0 Å². The molecule has 0 spiro atoms. The van der Waals surface area contributed by atoms with Crippen molar-refractivity contribution in [3.8, 4) is 0 Å². The van der Waals surface area contributed by atoms with Crippen LogP contribution in [0.15, 0.2) is 42.5 Å². The van der Waals surface area contributed by atoms with E-state index in [1.807, 2.05) is 47.4 Å². The molecule has 2 heterocycles. The van der Waals surface area contributed by atoms with E-state index in [0.29, 0.717) is 19.0 Å². The Morgan fingerprint density at radius 2 is 1.92 bits per heavy atom. The van der Waals surface area contributed by atoms with Crippen molar-refractivity contribution >= 4 is 28.3 Å². The summed E-state index contributed by atoms with van der Waals surface area (Å²) in [4.78, 5) is 29.2. The molecule has 2 amide bonds. The average molecular weight is 337 g/mol. The predicted molar refractivity (Wildman–Crippen MR) is 98.5 cm³/mol. The first-order valence-corrected chi connectivity index (χ1v) is 8.94. The second kappa shape index (κ2) is 6.48. The van der Waals surface area contributed by atoms with Crippen molar-refractivity contribution in [2.24, 2.45) is 5.92 Å². The molecule has 25 heavy (non-hydrogen) atoms. The third-order valence-electron chi connectivity index (χ3n) is 5.21. The van der Waals surface area contributed by atoms with E-state index in [0.717, 1.165) is 36.1 Å². The standard InChI is InChI=1S/C20H23N3O2/c1-14-12-22(10-9-21-14)20(25)16-11-19(24)23(13-16)18-8-4-6-15-5-2-3-7-17(15)18/h2-8,14,16,21H,9-13H2,1H3. The van der Waals surface area contributed by atoms with Gasteiger partial charge >= 0.3 is 0 Å². The molecule has 0 aliphatic carbocycles. The number of benzene rings is 2. The van der Waals surface area contributed by atoms with Gasteiger partial charge in [-0.2, -0.15) is 0 Å². The van der Waals surface area contributed by atoms with Gasteiger partial charge in [-0.05, 0) is 18.4 Å². The predicted octanol–water partition coefficient (Wildman–Crippen LogP) is 2.01. The Hall–Kier alpha value is -2.40. The normalized spacial score (nSPS) is 24.1. The molecule has 5 nitrogen and oxygen atoms in total. The van der Waals surface area contributed by atoms with Crippen LogP contribution in [0.3, 0.4) is 0 Å². The van der Waals surface area contributed by atoms with Gasteiger partial charge in [0, 0.05) is 44.0 Å². The zero-order valence-corrected chi connectivity index (χ0v) is 14.4. The molecule has 0 bridgehead atoms. The number of nitrogens with zero attached hydrogens (tertiary/aromatic N) is 2. The Balaban J connectivity index is 1.57. The van der Waals surface area contributed by atoms with Gasteiger partial charge in [-0.1, -0.05) is 36.4 Å². The van der Waals surface area contributed by atoms with Crippen molar-refractivity contribution in [2.45, 2.75) is 19.4 Å². The molecule has 2 unspecified atom stereocenters. The molecular weight excluding hydrogens is 314 g/mol. The molecule has 5 heteroatoms. The summed E-state index contributed by atoms with van der Waals surface area (Å²) in [5, 5.41) is 5.52. The molecule has 2 atom stereocenters. The quantitative estimate of drug-likeness (QED) is 0.912. The summed E-state index contributed by atoms with van der Waals surface area (Å²) in [7, 11) is 0. The van der Waals surface area contributed by atoms with Crippen LogP contribution in [0, 0.1) is 5.92 Å². The zero-order valence-electron chi connectivity index (χ0n) is 14.4. The van der Waals surface area contributed by atoms with Crippen LogP contribution in [-0.2, 0) is 9.59 Å². The number of rotatable bonds is 2. The lowest BCUT2D eigenvalue weighted by atomic mass is 10.1. The van der Waals surface area contributed by atoms with Gasteiger partial charge in [0.1, 0.15) is 0 Å². The fourth-order valence-electron chi connectivity index (χ4n) is 3.94. The summed E-state index contributed by atoms with van der Waals surface area (Å²) < 4.78 is 0. The summed E-state index contributed by atoms with van der Waals surface area (Å²) in [6.45, 7) is 4.83. The molecule has 2 aliphatic rings. The van der Waals surface area contributed by atoms with Gasteiger partial charge in [-0.3, -0.25) is 9.59 Å². The Bertz CT molecular complexity index is 814. The molecule has 0 radical (unpaired) electrons. The maximum atomic E-state index is 12.9. The van der Waals surface area contributed by atoms with Crippen LogP contribution in [0.1, 0.15) is 13.3 Å². The minimum atomic E-state index is -0.239. The smallest absolute Gasteiger partial charge is 0.228 e. The monoisotopic (exact) mass is 337 g/mol. The first kappa shape index (κ1) is 16.1. The fourth-order valence-corrected chi connectivity index (χ4v) is 3.94. The second-order valence-corrected chi connectivity index (χ2v) is 7.04. The molecule has 2 fully saturated rings. The van der Waals surface area contributed by atoms with Gasteiger partial charge in [-0.25, -0.2) is 0 Å². The van der Waals surface area contributed by atoms with Crippen LogP contribution in [0.4, 0.5) is 5.69 Å². The van der Waals surface area contributed by atoms with Crippen LogP contribution in [0.25, 0.3) is 10.8 Å². The van der Waals surface area contributed by atoms with Gasteiger partial charge in [0.2, 0.25) is 11.8 Å². The lowest BCUT2D eigenvalue weighted by molar-refractivity contribution is -0.136. The number of piperazine rings is 1. The van der Waals surface area contributed by atoms with Gasteiger partial charge in [0.05, 0.1) is 11.6 Å². The third kappa shape index (κ3) is 3.00. The van der Waals surface area contributed by atoms with Crippen LogP contribution in [-0.4, -0.2) is 48.9 Å². The van der Waals surface area contributed by atoms with Gasteiger partial charge in [0.15, 0.2) is 0 Å². The van der Waals surface area contributed by atoms with E-state index < -0.39 is 0 Å². The largest absolute Gasteiger partial charge is 0.340 e. The third-order valence-corrected chi connectivity index (χ3v) is 5.21. The molecule has 2 saturated heterocycles. The Morgan fingerprint density at radius 1 is 1.12 bits per heavy atom. The highest BCUT2D eigenvalue weighted by molar-refractivity contribution is 6.07. The van der Waals surface area contributed by atoms with Gasteiger partial charge < -0.3 is 15.1 Å². The number of amides is 2. The minimum Gasteiger partial charge on any atom is -0.340 e. The highest BCUT2D eigenvalue weighted by atomic mass is 16.2. The SMILES string of the molecule is CC1CN(C(=O)C2CC(=O)N(c3cccc4ccccc34)C2)CCN1. The Morgan fingerprint density at radius 3 is 2.76 bits per heavy atom. The molecule has 2 aromatic carbocycles. The number of fused-ring (bicyclic) bond motifs is 1. The van der Waals surface area contributed by atoms with Gasteiger partial charge in [-0.15, -0.1) is 0 Å². The number of hydrogen-bond acceptors (Lipinski definition) is 3. The summed E-state index contributed by atoms with van der Waals surface area (Å²) in [5.74, 6) is -0.0842. The molecule has 0 saturated carbocycles. The summed E-state index contributed by atoms with van der Waals surface area (Å²) in [6.07, 6.45) is 0.306. The molecule has 2 aliphatic heterocycles. The Kier molecular flexibility index (Phi) is 4.17. The van der Waals surface area contributed by atoms with Gasteiger partial charge in [0.25, 0.3) is 0 Å². The van der Waals surface area contributed by atoms with Crippen LogP contribution in [0.5, 0.6) is 0 Å². The molecule has 0 aromatic heterocycles. The van der Waals surface area contributed by atoms with E-state index in [1.54, 1.807) is 4.90 Å². The van der Waals surface area contributed by atoms with Crippen molar-refractivity contribution in [1.82, 2.24) is 10.2 Å². The van der Waals surface area contributed by atoms with E-state index in [-0.39, 0.29) is 17.7 Å². The number of nitrogens with one attached hydrogen (secondary N) is 1. The molecule has 1 N–H and O–H groups in total. The lowest BCUT2D eigenvalue weighted by Gasteiger charge is -2.33. The number of carbonyl (C=O) groups is 2. The summed E-state index contributed by atoms with van der Waals surface area (Å²) in [6, 6.07) is 14.4. The van der Waals surface area contributed by atoms with E-state index in [2.05, 4.69) is 12.2 Å². The molecule has 4 rings (SSSR count). The number of carbonyl (C=O) groups excluding carboxylic acids is 2. The van der Waals surface area contributed by atoms with Crippen molar-refractivity contribution < 1.29 is 9.59 Å². The average Bonchev–Trinajstić information content (AvgIpc) is 3.02. The first-order chi connectivity index (χ1) is 12.1. The fraction of sp³-hybridized carbons (Fsp3) is 0.400. The number of anilines is 1. The lowest BCUT2D eigenvalue weighted by Crippen LogP contribution is -2.53. The Labute approximate surface area is 147 Å². The van der Waals surface area contributed by atoms with E-state index in [4.69, 9.17) is 0 Å². The van der Waals surface area contributed by atoms with E-state index >= 15 is 0 Å². The summed E-state index contributed by atoms with van der Waals surface area (Å²) >= 11 is 0. The van der Waals surface area contributed by atoms with Crippen molar-refractivity contribution in [2.75, 3.05) is 31.1 Å². The molecule has 2 aromatic rings. The number of hydrogen-bond donors (Lipinski definition) is 1. The van der Waals surface area contributed by atoms with Crippen LogP contribution < -0.4 is 10.2 Å². The highest BCUT2D eigenvalue weighted by Gasteiger charge is 2.38. The van der Waals surface area contributed by atoms with Crippen LogP contribution in [0.2, 0.25) is 0 Å². The zero-order chi connectivity index (χ0) is 17.4. The second-order valence-electron chi connectivity index (χ2n) is 7.04. The summed E-state index contributed by atoms with van der Waals surface area (Å²) in [5.41, 5.74) is 0.909. The van der Waals surface area contributed by atoms with E-state index in [1.165, 1.54) is 0 Å². The van der Waals surface area contributed by atoms with E-state index in [9.17, 15) is 9.59 Å². The van der Waals surface area contributed by atoms with Crippen LogP contribution >= 0.6 is 0 Å². The maximum Gasteiger partial charge on any atom is 0.228 e. The molecule has 130 valence electrons. The highest BCUT2D eigenvalue weighted by Crippen LogP contribution is 2.32. The maximum absolute atomic E-state index is 12.9. The topological polar surface area (TPSA) is 52.7 Å². The van der Waals surface area contributed by atoms with Crippen molar-refractivity contribution in [1.29, 1.82) is 0 Å².